The molecule has 0 bridgehead atoms. The van der Waals surface area contributed by atoms with Crippen LogP contribution in [-0.4, -0.2) is 104 Å². The lowest BCUT2D eigenvalue weighted by Gasteiger charge is -2.47. The van der Waals surface area contributed by atoms with Gasteiger partial charge in [0, 0.05) is 46.9 Å². The van der Waals surface area contributed by atoms with Crippen LogP contribution in [0.15, 0.2) is 16.7 Å². The van der Waals surface area contributed by atoms with E-state index in [1.165, 1.54) is 0 Å². The molecular weight excluding hydrogens is 418 g/mol. The zero-order valence-electron chi connectivity index (χ0n) is 18.8. The van der Waals surface area contributed by atoms with Crippen LogP contribution >= 0.6 is 0 Å². The summed E-state index contributed by atoms with van der Waals surface area (Å²) in [5.41, 5.74) is 0.189. The van der Waals surface area contributed by atoms with Gasteiger partial charge in [0.1, 0.15) is 12.0 Å². The van der Waals surface area contributed by atoms with Gasteiger partial charge >= 0.3 is 0 Å². The van der Waals surface area contributed by atoms with Crippen LogP contribution < -0.4 is 0 Å². The molecule has 1 spiro atoms. The maximum atomic E-state index is 13.0. The van der Waals surface area contributed by atoms with Gasteiger partial charge < -0.3 is 28.8 Å². The van der Waals surface area contributed by atoms with E-state index in [-0.39, 0.29) is 24.4 Å². The van der Waals surface area contributed by atoms with Crippen LogP contribution in [0.25, 0.3) is 0 Å². The van der Waals surface area contributed by atoms with Crippen molar-refractivity contribution in [3.8, 4) is 0 Å². The summed E-state index contributed by atoms with van der Waals surface area (Å²) < 4.78 is 16.6. The van der Waals surface area contributed by atoms with Crippen molar-refractivity contribution in [2.75, 3.05) is 60.1 Å². The number of likely N-dealkylation sites (tertiary alicyclic amines) is 2. The van der Waals surface area contributed by atoms with Crippen molar-refractivity contribution in [1.82, 2.24) is 14.7 Å². The highest BCUT2D eigenvalue weighted by atomic mass is 16.5. The van der Waals surface area contributed by atoms with E-state index in [0.29, 0.717) is 44.6 Å². The van der Waals surface area contributed by atoms with Gasteiger partial charge in [-0.1, -0.05) is 0 Å². The molecule has 1 aromatic rings. The molecule has 32 heavy (non-hydrogen) atoms. The molecule has 3 aliphatic rings. The number of furan rings is 1. The number of carbonyl (C=O) groups excluding carboxylic acids is 2. The molecule has 1 unspecified atom stereocenters. The van der Waals surface area contributed by atoms with Crippen molar-refractivity contribution in [2.24, 2.45) is 5.41 Å². The Bertz CT molecular complexity index is 782. The molecular formula is C22H33N3O7. The fourth-order valence-corrected chi connectivity index (χ4v) is 4.83. The van der Waals surface area contributed by atoms with Crippen LogP contribution in [0.5, 0.6) is 0 Å². The molecule has 1 aromatic heterocycles. The molecule has 1 atom stereocenters. The van der Waals surface area contributed by atoms with Crippen LogP contribution in [-0.2, 0) is 25.6 Å². The van der Waals surface area contributed by atoms with E-state index in [2.05, 4.69) is 4.90 Å². The fourth-order valence-electron chi connectivity index (χ4n) is 4.83. The fraction of sp³-hybridized carbons (Fsp3) is 0.682. The van der Waals surface area contributed by atoms with Gasteiger partial charge in [0.05, 0.1) is 36.8 Å². The normalized spacial score (nSPS) is 23.6. The minimum atomic E-state index is -0.400. The molecule has 3 aliphatic heterocycles. The molecule has 0 aromatic carbocycles. The van der Waals surface area contributed by atoms with Crippen molar-refractivity contribution in [2.45, 2.75) is 31.9 Å². The summed E-state index contributed by atoms with van der Waals surface area (Å²) in [6.07, 6.45) is 3.73. The summed E-state index contributed by atoms with van der Waals surface area (Å²) in [4.78, 5) is 40.0. The number of amides is 2. The smallest absolute Gasteiger partial charge is 0.290 e. The topological polar surface area (TPSA) is 113 Å². The van der Waals surface area contributed by atoms with Crippen molar-refractivity contribution in [1.29, 1.82) is 0 Å². The van der Waals surface area contributed by atoms with Crippen LogP contribution in [0, 0.1) is 5.41 Å². The Morgan fingerprint density at radius 2 is 1.94 bits per heavy atom. The molecule has 4 rings (SSSR count). The Morgan fingerprint density at radius 3 is 2.56 bits per heavy atom. The number of carboxylic acid groups (broad SMARTS) is 1. The molecule has 178 valence electrons. The van der Waals surface area contributed by atoms with Crippen molar-refractivity contribution < 1.29 is 33.4 Å². The Kier molecular flexibility index (Phi) is 8.27. The first-order valence-corrected chi connectivity index (χ1v) is 11.0. The SMILES string of the molecule is COC1CN(C)C(=O)C2(CCN(C(=O)c3coc(CN4CCOCC4)c3)CC2)C1.O=CO. The molecule has 0 aliphatic carbocycles. The molecule has 4 heterocycles. The average molecular weight is 452 g/mol. The first-order chi connectivity index (χ1) is 15.4. The van der Waals surface area contributed by atoms with E-state index in [0.717, 1.165) is 38.5 Å². The van der Waals surface area contributed by atoms with Crippen LogP contribution in [0.3, 0.4) is 0 Å². The molecule has 1 N–H and O–H groups in total. The van der Waals surface area contributed by atoms with Gasteiger partial charge in [0.25, 0.3) is 12.4 Å². The van der Waals surface area contributed by atoms with E-state index < -0.39 is 5.41 Å². The van der Waals surface area contributed by atoms with E-state index >= 15 is 0 Å². The third kappa shape index (κ3) is 5.48. The number of methoxy groups -OCH3 is 1. The molecule has 3 fully saturated rings. The second kappa shape index (κ2) is 10.9. The van der Waals surface area contributed by atoms with Gasteiger partial charge in [-0.05, 0) is 25.3 Å². The lowest BCUT2D eigenvalue weighted by molar-refractivity contribution is -0.155. The standard InChI is InChI=1S/C21H31N3O5.CH2O2/c1-22-13-18(27-2)12-21(20(22)26)3-5-24(6-4-21)19(25)16-11-17(29-15-16)14-23-7-9-28-10-8-23;2-1-3/h11,15,18H,3-10,12-14H2,1-2H3;1H,(H,2,3). The quantitative estimate of drug-likeness (QED) is 0.673. The Balaban J connectivity index is 0.000000913. The predicted octanol–water partition coefficient (Wildman–Crippen LogP) is 0.912. The number of morpholine rings is 1. The van der Waals surface area contributed by atoms with E-state index in [4.69, 9.17) is 23.8 Å². The number of rotatable bonds is 4. The maximum Gasteiger partial charge on any atom is 0.290 e. The largest absolute Gasteiger partial charge is 0.483 e. The first-order valence-electron chi connectivity index (χ1n) is 11.0. The predicted molar refractivity (Wildman–Crippen MR) is 114 cm³/mol. The Morgan fingerprint density at radius 1 is 1.28 bits per heavy atom. The number of hydrogen-bond donors (Lipinski definition) is 1. The molecule has 2 amide bonds. The number of piperidine rings is 2. The van der Waals surface area contributed by atoms with Crippen LogP contribution in [0.4, 0.5) is 0 Å². The number of nitrogens with zero attached hydrogens (tertiary/aromatic N) is 3. The summed E-state index contributed by atoms with van der Waals surface area (Å²) >= 11 is 0. The third-order valence-electron chi connectivity index (χ3n) is 6.62. The lowest BCUT2D eigenvalue weighted by atomic mass is 9.71. The first kappa shape index (κ1) is 24.2. The van der Waals surface area contributed by atoms with Crippen molar-refractivity contribution >= 4 is 18.3 Å². The summed E-state index contributed by atoms with van der Waals surface area (Å²) in [5, 5.41) is 6.89. The zero-order valence-corrected chi connectivity index (χ0v) is 18.8. The maximum absolute atomic E-state index is 13.0. The van der Waals surface area contributed by atoms with Crippen molar-refractivity contribution in [3.63, 3.8) is 0 Å². The number of hydrogen-bond acceptors (Lipinski definition) is 7. The molecule has 10 heteroatoms. The Labute approximate surface area is 188 Å². The van der Waals surface area contributed by atoms with E-state index in [1.54, 1.807) is 18.3 Å². The minimum Gasteiger partial charge on any atom is -0.483 e. The summed E-state index contributed by atoms with van der Waals surface area (Å²) in [6.45, 7) is 5.48. The zero-order chi connectivity index (χ0) is 23.1. The Hall–Kier alpha value is -2.43. The lowest BCUT2D eigenvalue weighted by Crippen LogP contribution is -2.57. The number of carbonyl (C=O) groups is 3. The molecule has 3 saturated heterocycles. The monoisotopic (exact) mass is 451 g/mol. The van der Waals surface area contributed by atoms with Gasteiger partial charge in [-0.15, -0.1) is 0 Å². The minimum absolute atomic E-state index is 0.0169. The molecule has 0 radical (unpaired) electrons. The second-order valence-corrected chi connectivity index (χ2v) is 8.62. The van der Waals surface area contributed by atoms with Gasteiger partial charge in [0.15, 0.2) is 0 Å². The van der Waals surface area contributed by atoms with Crippen LogP contribution in [0.1, 0.15) is 35.4 Å². The van der Waals surface area contributed by atoms with Gasteiger partial charge in [0.2, 0.25) is 5.91 Å². The molecule has 10 nitrogen and oxygen atoms in total. The highest BCUT2D eigenvalue weighted by Gasteiger charge is 2.48. The second-order valence-electron chi connectivity index (χ2n) is 8.62. The number of ether oxygens (including phenoxy) is 2. The summed E-state index contributed by atoms with van der Waals surface area (Å²) in [5.74, 6) is 0.974. The van der Waals surface area contributed by atoms with E-state index in [1.807, 2.05) is 18.0 Å². The van der Waals surface area contributed by atoms with Gasteiger partial charge in [-0.3, -0.25) is 19.3 Å². The molecule has 0 saturated carbocycles. The average Bonchev–Trinajstić information content (AvgIpc) is 3.27. The van der Waals surface area contributed by atoms with Crippen molar-refractivity contribution in [3.05, 3.63) is 23.7 Å². The summed E-state index contributed by atoms with van der Waals surface area (Å²) in [7, 11) is 3.54. The number of likely N-dealkylation sites (N-methyl/N-ethyl adjacent to an activating group) is 1. The van der Waals surface area contributed by atoms with Gasteiger partial charge in [-0.2, -0.15) is 0 Å². The van der Waals surface area contributed by atoms with Gasteiger partial charge in [-0.25, -0.2) is 0 Å². The van der Waals surface area contributed by atoms with E-state index in [9.17, 15) is 9.59 Å². The third-order valence-corrected chi connectivity index (χ3v) is 6.62. The van der Waals surface area contributed by atoms with Crippen LogP contribution in [0.2, 0.25) is 0 Å². The summed E-state index contributed by atoms with van der Waals surface area (Å²) in [6, 6.07) is 1.85. The highest BCUT2D eigenvalue weighted by Crippen LogP contribution is 2.41. The highest BCUT2D eigenvalue weighted by molar-refractivity contribution is 5.94.